The van der Waals surface area contributed by atoms with Gasteiger partial charge in [-0.2, -0.15) is 5.26 Å². The van der Waals surface area contributed by atoms with Crippen LogP contribution in [0.1, 0.15) is 5.56 Å². The Morgan fingerprint density at radius 2 is 2.14 bits per heavy atom. The lowest BCUT2D eigenvalue weighted by Gasteiger charge is -2.04. The van der Waals surface area contributed by atoms with Crippen LogP contribution >= 0.6 is 27.3 Å². The predicted octanol–water partition coefficient (Wildman–Crippen LogP) is 4.68. The SMILES string of the molecule is COc1ccc2nc(Nc3ccc(Br)cc3C#N)sc2c1. The van der Waals surface area contributed by atoms with Crippen LogP contribution in [0.5, 0.6) is 5.75 Å². The Balaban J connectivity index is 1.97. The first-order valence-corrected chi connectivity index (χ1v) is 7.72. The summed E-state index contributed by atoms with van der Waals surface area (Å²) in [6.45, 7) is 0. The van der Waals surface area contributed by atoms with E-state index in [0.29, 0.717) is 5.56 Å². The first-order chi connectivity index (χ1) is 10.2. The zero-order chi connectivity index (χ0) is 14.8. The fourth-order valence-corrected chi connectivity index (χ4v) is 3.19. The summed E-state index contributed by atoms with van der Waals surface area (Å²) in [5, 5.41) is 13.1. The third kappa shape index (κ3) is 2.84. The lowest BCUT2D eigenvalue weighted by Crippen LogP contribution is -1.92. The molecule has 0 bridgehead atoms. The fourth-order valence-electron chi connectivity index (χ4n) is 1.92. The summed E-state index contributed by atoms with van der Waals surface area (Å²) in [6.07, 6.45) is 0. The third-order valence-electron chi connectivity index (χ3n) is 2.94. The molecule has 0 saturated carbocycles. The van der Waals surface area contributed by atoms with Crippen molar-refractivity contribution in [3.63, 3.8) is 0 Å². The molecule has 0 aliphatic carbocycles. The van der Waals surface area contributed by atoms with Crippen LogP contribution in [0.4, 0.5) is 10.8 Å². The first-order valence-electron chi connectivity index (χ1n) is 6.11. The number of ether oxygens (including phenoxy) is 1. The van der Waals surface area contributed by atoms with Crippen molar-refractivity contribution in [3.8, 4) is 11.8 Å². The van der Waals surface area contributed by atoms with Gasteiger partial charge in [0.2, 0.25) is 0 Å². The van der Waals surface area contributed by atoms with E-state index in [-0.39, 0.29) is 0 Å². The molecule has 0 amide bonds. The van der Waals surface area contributed by atoms with Crippen LogP contribution in [0, 0.1) is 11.3 Å². The third-order valence-corrected chi connectivity index (χ3v) is 4.37. The lowest BCUT2D eigenvalue weighted by atomic mass is 10.2. The number of benzene rings is 2. The number of halogens is 1. The van der Waals surface area contributed by atoms with Gasteiger partial charge in [0.05, 0.1) is 28.6 Å². The first kappa shape index (κ1) is 13.9. The molecule has 0 atom stereocenters. The number of methoxy groups -OCH3 is 1. The highest BCUT2D eigenvalue weighted by Crippen LogP contribution is 2.32. The Morgan fingerprint density at radius 3 is 2.90 bits per heavy atom. The number of rotatable bonds is 3. The van der Waals surface area contributed by atoms with Crippen molar-refractivity contribution in [1.82, 2.24) is 4.98 Å². The van der Waals surface area contributed by atoms with Crippen LogP contribution in [0.3, 0.4) is 0 Å². The Kier molecular flexibility index (Phi) is 3.78. The second-order valence-corrected chi connectivity index (χ2v) is 6.23. The van der Waals surface area contributed by atoms with Crippen LogP contribution < -0.4 is 10.1 Å². The zero-order valence-electron chi connectivity index (χ0n) is 11.1. The van der Waals surface area contributed by atoms with Gasteiger partial charge in [-0.05, 0) is 36.4 Å². The van der Waals surface area contributed by atoms with Crippen LogP contribution in [-0.2, 0) is 0 Å². The summed E-state index contributed by atoms with van der Waals surface area (Å²) in [6, 6.07) is 13.4. The van der Waals surface area contributed by atoms with E-state index < -0.39 is 0 Å². The Hall–Kier alpha value is -2.10. The van der Waals surface area contributed by atoms with E-state index in [1.807, 2.05) is 30.3 Å². The van der Waals surface area contributed by atoms with Gasteiger partial charge in [0.25, 0.3) is 0 Å². The summed E-state index contributed by atoms with van der Waals surface area (Å²) in [5.74, 6) is 0.805. The molecule has 0 spiro atoms. The van der Waals surface area contributed by atoms with Gasteiger partial charge in [0, 0.05) is 4.47 Å². The van der Waals surface area contributed by atoms with Crippen molar-refractivity contribution >= 4 is 48.3 Å². The fraction of sp³-hybridized carbons (Fsp3) is 0.0667. The Bertz CT molecular complexity index is 854. The van der Waals surface area contributed by atoms with Crippen molar-refractivity contribution in [3.05, 3.63) is 46.4 Å². The highest BCUT2D eigenvalue weighted by molar-refractivity contribution is 9.10. The monoisotopic (exact) mass is 359 g/mol. The standard InChI is InChI=1S/C15H10BrN3OS/c1-20-11-3-5-13-14(7-11)21-15(19-13)18-12-4-2-10(16)6-9(12)8-17/h2-7H,1H3,(H,18,19). The van der Waals surface area contributed by atoms with Crippen LogP contribution in [0.15, 0.2) is 40.9 Å². The van der Waals surface area contributed by atoms with Crippen molar-refractivity contribution in [2.45, 2.75) is 0 Å². The molecule has 0 aliphatic heterocycles. The van der Waals surface area contributed by atoms with Crippen molar-refractivity contribution in [1.29, 1.82) is 5.26 Å². The van der Waals surface area contributed by atoms with E-state index >= 15 is 0 Å². The van der Waals surface area contributed by atoms with Crippen molar-refractivity contribution in [2.75, 3.05) is 12.4 Å². The molecular formula is C15H10BrN3OS. The maximum atomic E-state index is 9.18. The van der Waals surface area contributed by atoms with E-state index in [9.17, 15) is 5.26 Å². The predicted molar refractivity (Wildman–Crippen MR) is 88.3 cm³/mol. The second kappa shape index (κ2) is 5.72. The average Bonchev–Trinajstić information content (AvgIpc) is 2.90. The summed E-state index contributed by atoms with van der Waals surface area (Å²) in [7, 11) is 1.64. The molecule has 104 valence electrons. The summed E-state index contributed by atoms with van der Waals surface area (Å²) < 4.78 is 7.12. The number of hydrogen-bond donors (Lipinski definition) is 1. The maximum Gasteiger partial charge on any atom is 0.188 e. The Labute approximate surface area is 134 Å². The van der Waals surface area contributed by atoms with Crippen LogP contribution in [0.25, 0.3) is 10.2 Å². The summed E-state index contributed by atoms with van der Waals surface area (Å²) in [5.41, 5.74) is 2.21. The summed E-state index contributed by atoms with van der Waals surface area (Å²) in [4.78, 5) is 4.51. The lowest BCUT2D eigenvalue weighted by molar-refractivity contribution is 0.415. The molecule has 0 saturated heterocycles. The molecule has 2 aromatic carbocycles. The van der Waals surface area contributed by atoms with E-state index in [1.165, 1.54) is 11.3 Å². The van der Waals surface area contributed by atoms with Gasteiger partial charge in [0.15, 0.2) is 5.13 Å². The maximum absolute atomic E-state index is 9.18. The molecule has 3 rings (SSSR count). The molecule has 1 heterocycles. The number of nitrogens with zero attached hydrogens (tertiary/aromatic N) is 2. The molecule has 0 fully saturated rings. The van der Waals surface area contributed by atoms with E-state index in [4.69, 9.17) is 4.74 Å². The highest BCUT2D eigenvalue weighted by Gasteiger charge is 2.08. The number of aromatic nitrogens is 1. The normalized spacial score (nSPS) is 10.3. The van der Waals surface area contributed by atoms with Gasteiger partial charge in [-0.15, -0.1) is 0 Å². The largest absolute Gasteiger partial charge is 0.497 e. The molecule has 6 heteroatoms. The molecule has 4 nitrogen and oxygen atoms in total. The molecule has 3 aromatic rings. The van der Waals surface area contributed by atoms with Gasteiger partial charge >= 0.3 is 0 Å². The molecular weight excluding hydrogens is 350 g/mol. The topological polar surface area (TPSA) is 57.9 Å². The summed E-state index contributed by atoms with van der Waals surface area (Å²) >= 11 is 4.88. The second-order valence-electron chi connectivity index (χ2n) is 4.28. The quantitative estimate of drug-likeness (QED) is 0.737. The zero-order valence-corrected chi connectivity index (χ0v) is 13.5. The number of nitriles is 1. The highest BCUT2D eigenvalue weighted by atomic mass is 79.9. The minimum Gasteiger partial charge on any atom is -0.497 e. The molecule has 1 aromatic heterocycles. The molecule has 0 aliphatic rings. The minimum absolute atomic E-state index is 0.571. The van der Waals surface area contributed by atoms with Crippen molar-refractivity contribution in [2.24, 2.45) is 0 Å². The van der Waals surface area contributed by atoms with E-state index in [1.54, 1.807) is 13.2 Å². The Morgan fingerprint density at radius 1 is 1.29 bits per heavy atom. The van der Waals surface area contributed by atoms with Gasteiger partial charge in [-0.25, -0.2) is 4.98 Å². The van der Waals surface area contributed by atoms with Gasteiger partial charge in [-0.3, -0.25) is 0 Å². The number of nitrogens with one attached hydrogen (secondary N) is 1. The number of thiazole rings is 1. The van der Waals surface area contributed by atoms with Gasteiger partial charge in [-0.1, -0.05) is 27.3 Å². The smallest absolute Gasteiger partial charge is 0.188 e. The van der Waals surface area contributed by atoms with Gasteiger partial charge < -0.3 is 10.1 Å². The van der Waals surface area contributed by atoms with Crippen LogP contribution in [0.2, 0.25) is 0 Å². The van der Waals surface area contributed by atoms with E-state index in [2.05, 4.69) is 32.3 Å². The van der Waals surface area contributed by atoms with Crippen LogP contribution in [-0.4, -0.2) is 12.1 Å². The van der Waals surface area contributed by atoms with Crippen molar-refractivity contribution < 1.29 is 4.74 Å². The molecule has 0 radical (unpaired) electrons. The average molecular weight is 360 g/mol. The molecule has 0 unspecified atom stereocenters. The number of anilines is 2. The molecule has 1 N–H and O–H groups in total. The molecule has 21 heavy (non-hydrogen) atoms. The van der Waals surface area contributed by atoms with Gasteiger partial charge in [0.1, 0.15) is 11.8 Å². The van der Waals surface area contributed by atoms with E-state index in [0.717, 1.165) is 31.3 Å². The minimum atomic E-state index is 0.571. The number of hydrogen-bond acceptors (Lipinski definition) is 5. The number of fused-ring (bicyclic) bond motifs is 1.